The van der Waals surface area contributed by atoms with E-state index in [2.05, 4.69) is 15.5 Å². The SMILES string of the molecule is COc1ccc(CNC(=O)c2ccc(-c3noc(C4CCN(C(=O)c5ccccc5)CC4)n3)cc2)cc1. The van der Waals surface area contributed by atoms with Crippen LogP contribution in [0.1, 0.15) is 50.9 Å². The van der Waals surface area contributed by atoms with E-state index in [9.17, 15) is 9.59 Å². The number of hydrogen-bond donors (Lipinski definition) is 1. The van der Waals surface area contributed by atoms with E-state index in [0.717, 1.165) is 29.7 Å². The minimum atomic E-state index is -0.159. The van der Waals surface area contributed by atoms with Crippen LogP contribution in [0.4, 0.5) is 0 Å². The smallest absolute Gasteiger partial charge is 0.253 e. The fourth-order valence-electron chi connectivity index (χ4n) is 4.41. The van der Waals surface area contributed by atoms with E-state index in [0.29, 0.717) is 42.5 Å². The van der Waals surface area contributed by atoms with E-state index in [1.165, 1.54) is 0 Å². The highest BCUT2D eigenvalue weighted by molar-refractivity contribution is 5.95. The van der Waals surface area contributed by atoms with E-state index in [1.54, 1.807) is 19.2 Å². The average molecular weight is 497 g/mol. The molecule has 2 heterocycles. The second-order valence-corrected chi connectivity index (χ2v) is 9.00. The van der Waals surface area contributed by atoms with Crippen LogP contribution in [-0.2, 0) is 6.54 Å². The zero-order chi connectivity index (χ0) is 25.6. The molecule has 0 aliphatic carbocycles. The topological polar surface area (TPSA) is 97.6 Å². The number of ether oxygens (including phenoxy) is 1. The minimum absolute atomic E-state index is 0.0541. The van der Waals surface area contributed by atoms with Crippen molar-refractivity contribution in [1.82, 2.24) is 20.4 Å². The van der Waals surface area contributed by atoms with Crippen molar-refractivity contribution in [2.75, 3.05) is 20.2 Å². The van der Waals surface area contributed by atoms with Crippen LogP contribution in [0.15, 0.2) is 83.4 Å². The summed E-state index contributed by atoms with van der Waals surface area (Å²) in [5, 5.41) is 7.07. The molecule has 3 aromatic carbocycles. The summed E-state index contributed by atoms with van der Waals surface area (Å²) in [6, 6.07) is 24.0. The van der Waals surface area contributed by atoms with Crippen LogP contribution in [0.2, 0.25) is 0 Å². The summed E-state index contributed by atoms with van der Waals surface area (Å²) in [5.74, 6) is 1.86. The molecule has 8 nitrogen and oxygen atoms in total. The van der Waals surface area contributed by atoms with Crippen LogP contribution in [-0.4, -0.2) is 47.1 Å². The molecular formula is C29H28N4O4. The molecule has 0 bridgehead atoms. The zero-order valence-electron chi connectivity index (χ0n) is 20.6. The third kappa shape index (κ3) is 5.69. The van der Waals surface area contributed by atoms with Crippen LogP contribution >= 0.6 is 0 Å². The molecule has 188 valence electrons. The van der Waals surface area contributed by atoms with Crippen LogP contribution in [0.3, 0.4) is 0 Å². The lowest BCUT2D eigenvalue weighted by molar-refractivity contribution is 0.0704. The van der Waals surface area contributed by atoms with Gasteiger partial charge in [0.25, 0.3) is 11.8 Å². The summed E-state index contributed by atoms with van der Waals surface area (Å²) < 4.78 is 10.7. The van der Waals surface area contributed by atoms with E-state index < -0.39 is 0 Å². The van der Waals surface area contributed by atoms with Crippen molar-refractivity contribution in [3.8, 4) is 17.1 Å². The number of hydrogen-bond acceptors (Lipinski definition) is 6. The van der Waals surface area contributed by atoms with Crippen molar-refractivity contribution in [3.05, 3.63) is 101 Å². The molecule has 0 radical (unpaired) electrons. The summed E-state index contributed by atoms with van der Waals surface area (Å²) >= 11 is 0. The summed E-state index contributed by atoms with van der Waals surface area (Å²) in [5.41, 5.74) is 3.02. The Labute approximate surface area is 215 Å². The van der Waals surface area contributed by atoms with Gasteiger partial charge in [-0.15, -0.1) is 0 Å². The molecule has 2 amide bonds. The Hall–Kier alpha value is -4.46. The largest absolute Gasteiger partial charge is 0.497 e. The highest BCUT2D eigenvalue weighted by Crippen LogP contribution is 2.29. The number of nitrogens with one attached hydrogen (secondary N) is 1. The van der Waals surface area contributed by atoms with Crippen LogP contribution in [0, 0.1) is 0 Å². The van der Waals surface area contributed by atoms with Gasteiger partial charge in [0.1, 0.15) is 5.75 Å². The van der Waals surface area contributed by atoms with Crippen LogP contribution in [0.5, 0.6) is 5.75 Å². The van der Waals surface area contributed by atoms with Crippen molar-refractivity contribution in [2.24, 2.45) is 0 Å². The molecule has 1 aromatic heterocycles. The molecular weight excluding hydrogens is 468 g/mol. The van der Waals surface area contributed by atoms with E-state index in [1.807, 2.05) is 71.6 Å². The highest BCUT2D eigenvalue weighted by Gasteiger charge is 2.28. The van der Waals surface area contributed by atoms with Crippen LogP contribution < -0.4 is 10.1 Å². The van der Waals surface area contributed by atoms with Gasteiger partial charge in [-0.25, -0.2) is 0 Å². The molecule has 1 N–H and O–H groups in total. The normalized spacial score (nSPS) is 13.8. The van der Waals surface area contributed by atoms with Gasteiger partial charge in [0.15, 0.2) is 0 Å². The number of rotatable bonds is 7. The molecule has 1 aliphatic rings. The number of amides is 2. The summed E-state index contributed by atoms with van der Waals surface area (Å²) in [6.45, 7) is 1.72. The molecule has 37 heavy (non-hydrogen) atoms. The predicted octanol–water partition coefficient (Wildman–Crippen LogP) is 4.70. The van der Waals surface area contributed by atoms with Gasteiger partial charge >= 0.3 is 0 Å². The fraction of sp³-hybridized carbons (Fsp3) is 0.241. The van der Waals surface area contributed by atoms with Gasteiger partial charge in [-0.2, -0.15) is 4.98 Å². The summed E-state index contributed by atoms with van der Waals surface area (Å²) in [4.78, 5) is 31.7. The Balaban J connectivity index is 1.15. The Morgan fingerprint density at radius 1 is 0.946 bits per heavy atom. The number of piperidine rings is 1. The van der Waals surface area contributed by atoms with Gasteiger partial charge in [0.05, 0.1) is 7.11 Å². The molecule has 1 fully saturated rings. The van der Waals surface area contributed by atoms with E-state index in [4.69, 9.17) is 9.26 Å². The van der Waals surface area contributed by atoms with Crippen molar-refractivity contribution >= 4 is 11.8 Å². The van der Waals surface area contributed by atoms with Crippen molar-refractivity contribution < 1.29 is 18.8 Å². The van der Waals surface area contributed by atoms with Gasteiger partial charge in [-0.3, -0.25) is 9.59 Å². The molecule has 0 saturated carbocycles. The monoisotopic (exact) mass is 496 g/mol. The average Bonchev–Trinajstić information content (AvgIpc) is 3.47. The number of benzene rings is 3. The third-order valence-corrected chi connectivity index (χ3v) is 6.61. The van der Waals surface area contributed by atoms with Crippen molar-refractivity contribution in [1.29, 1.82) is 0 Å². The lowest BCUT2D eigenvalue weighted by atomic mass is 9.96. The number of carbonyl (C=O) groups is 2. The molecule has 0 atom stereocenters. The third-order valence-electron chi connectivity index (χ3n) is 6.61. The minimum Gasteiger partial charge on any atom is -0.497 e. The lowest BCUT2D eigenvalue weighted by Gasteiger charge is -2.30. The molecule has 8 heteroatoms. The number of methoxy groups -OCH3 is 1. The number of likely N-dealkylation sites (tertiary alicyclic amines) is 1. The Morgan fingerprint density at radius 2 is 1.65 bits per heavy atom. The quantitative estimate of drug-likeness (QED) is 0.399. The second-order valence-electron chi connectivity index (χ2n) is 9.00. The number of nitrogens with zero attached hydrogens (tertiary/aromatic N) is 3. The summed E-state index contributed by atoms with van der Waals surface area (Å²) in [6.07, 6.45) is 1.54. The van der Waals surface area contributed by atoms with Crippen LogP contribution in [0.25, 0.3) is 11.4 Å². The van der Waals surface area contributed by atoms with E-state index >= 15 is 0 Å². The molecule has 4 aromatic rings. The first-order chi connectivity index (χ1) is 18.1. The first-order valence-electron chi connectivity index (χ1n) is 12.3. The molecule has 0 spiro atoms. The molecule has 1 saturated heterocycles. The fourth-order valence-corrected chi connectivity index (χ4v) is 4.41. The lowest BCUT2D eigenvalue weighted by Crippen LogP contribution is -2.37. The summed E-state index contributed by atoms with van der Waals surface area (Å²) in [7, 11) is 1.62. The Morgan fingerprint density at radius 3 is 2.32 bits per heavy atom. The van der Waals surface area contributed by atoms with Gasteiger partial charge in [0.2, 0.25) is 11.7 Å². The molecule has 5 rings (SSSR count). The van der Waals surface area contributed by atoms with Gasteiger partial charge in [0, 0.05) is 42.2 Å². The Bertz CT molecular complexity index is 1340. The molecule has 0 unspecified atom stereocenters. The maximum atomic E-state index is 12.7. The van der Waals surface area contributed by atoms with E-state index in [-0.39, 0.29) is 17.7 Å². The van der Waals surface area contributed by atoms with Gasteiger partial charge in [-0.05, 0) is 54.8 Å². The maximum absolute atomic E-state index is 12.7. The molecule has 1 aliphatic heterocycles. The number of carbonyl (C=O) groups excluding carboxylic acids is 2. The zero-order valence-corrected chi connectivity index (χ0v) is 20.6. The Kier molecular flexibility index (Phi) is 7.26. The predicted molar refractivity (Wildman–Crippen MR) is 138 cm³/mol. The van der Waals surface area contributed by atoms with Crippen molar-refractivity contribution in [2.45, 2.75) is 25.3 Å². The highest BCUT2D eigenvalue weighted by atomic mass is 16.5. The standard InChI is InChI=1S/C29H28N4O4/c1-36-25-13-7-20(8-14-25)19-30-27(34)22-11-9-21(10-12-22)26-31-28(37-32-26)23-15-17-33(18-16-23)29(35)24-5-3-2-4-6-24/h2-14,23H,15-19H2,1H3,(H,30,34). The first kappa shape index (κ1) is 24.2. The second kappa shape index (κ2) is 11.1. The maximum Gasteiger partial charge on any atom is 0.253 e. The first-order valence-corrected chi connectivity index (χ1v) is 12.3. The number of aromatic nitrogens is 2. The van der Waals surface area contributed by atoms with Gasteiger partial charge < -0.3 is 19.5 Å². The van der Waals surface area contributed by atoms with Gasteiger partial charge in [-0.1, -0.05) is 47.6 Å². The van der Waals surface area contributed by atoms with Crippen molar-refractivity contribution in [3.63, 3.8) is 0 Å².